The molecular formula is C5H4F3NS. The number of rotatable bonds is 0. The van der Waals surface area contributed by atoms with Crippen molar-refractivity contribution >= 4 is 17.0 Å². The monoisotopic (exact) mass is 167 g/mol. The Balaban J connectivity index is 2.96. The summed E-state index contributed by atoms with van der Waals surface area (Å²) in [6.07, 6.45) is -4.25. The summed E-state index contributed by atoms with van der Waals surface area (Å²) in [5, 5.41) is 1.27. The maximum Gasteiger partial charge on any atom is 0.425 e. The van der Waals surface area contributed by atoms with Crippen molar-refractivity contribution < 1.29 is 13.2 Å². The van der Waals surface area contributed by atoms with Gasteiger partial charge in [-0.05, 0) is 6.07 Å². The Bertz CT molecular complexity index is 227. The minimum atomic E-state index is -4.25. The lowest BCUT2D eigenvalue weighted by Gasteiger charge is -1.99. The van der Waals surface area contributed by atoms with Crippen LogP contribution in [0.25, 0.3) is 0 Å². The molecule has 0 aliphatic carbocycles. The first kappa shape index (κ1) is 7.40. The fourth-order valence-corrected chi connectivity index (χ4v) is 1.17. The van der Waals surface area contributed by atoms with Gasteiger partial charge in [0.25, 0.3) is 0 Å². The van der Waals surface area contributed by atoms with Crippen molar-refractivity contribution in [2.75, 3.05) is 5.73 Å². The molecule has 5 heteroatoms. The van der Waals surface area contributed by atoms with E-state index in [1.807, 2.05) is 0 Å². The van der Waals surface area contributed by atoms with Crippen LogP contribution in [0, 0.1) is 0 Å². The summed E-state index contributed by atoms with van der Waals surface area (Å²) in [4.78, 5) is -0.648. The first-order chi connectivity index (χ1) is 4.50. The van der Waals surface area contributed by atoms with E-state index in [2.05, 4.69) is 0 Å². The van der Waals surface area contributed by atoms with Crippen molar-refractivity contribution in [2.45, 2.75) is 6.18 Å². The van der Waals surface area contributed by atoms with Crippen LogP contribution in [0.1, 0.15) is 4.88 Å². The third-order valence-electron chi connectivity index (χ3n) is 0.899. The first-order valence-corrected chi connectivity index (χ1v) is 3.29. The molecule has 0 atom stereocenters. The third kappa shape index (κ3) is 1.41. The topological polar surface area (TPSA) is 26.0 Å². The van der Waals surface area contributed by atoms with Crippen molar-refractivity contribution in [3.63, 3.8) is 0 Å². The summed E-state index contributed by atoms with van der Waals surface area (Å²) in [5.74, 6) is 0. The molecule has 0 aromatic carbocycles. The second-order valence-electron chi connectivity index (χ2n) is 1.74. The Labute approximate surface area is 59.3 Å². The molecule has 1 rings (SSSR count). The average molecular weight is 167 g/mol. The van der Waals surface area contributed by atoms with E-state index in [4.69, 9.17) is 5.73 Å². The number of alkyl halides is 3. The zero-order valence-corrected chi connectivity index (χ0v) is 5.59. The van der Waals surface area contributed by atoms with E-state index in [-0.39, 0.29) is 5.69 Å². The number of anilines is 1. The normalized spacial score (nSPS) is 11.9. The molecular weight excluding hydrogens is 163 g/mol. The Morgan fingerprint density at radius 2 is 2.00 bits per heavy atom. The Kier molecular flexibility index (Phi) is 1.60. The van der Waals surface area contributed by atoms with E-state index in [9.17, 15) is 13.2 Å². The summed E-state index contributed by atoms with van der Waals surface area (Å²) < 4.78 is 35.3. The number of nitrogen functional groups attached to an aromatic ring is 1. The zero-order chi connectivity index (χ0) is 7.78. The zero-order valence-electron chi connectivity index (χ0n) is 4.77. The van der Waals surface area contributed by atoms with Gasteiger partial charge in [0, 0.05) is 11.1 Å². The number of hydrogen-bond acceptors (Lipinski definition) is 2. The summed E-state index contributed by atoms with van der Waals surface area (Å²) >= 11 is 0.606. The summed E-state index contributed by atoms with van der Waals surface area (Å²) in [6.45, 7) is 0. The SMILES string of the molecule is Nc1csc(C(F)(F)F)c1. The van der Waals surface area contributed by atoms with E-state index in [0.717, 1.165) is 6.07 Å². The molecule has 0 bridgehead atoms. The minimum Gasteiger partial charge on any atom is -0.398 e. The number of thiophene rings is 1. The smallest absolute Gasteiger partial charge is 0.398 e. The fourth-order valence-electron chi connectivity index (χ4n) is 0.500. The molecule has 2 N–H and O–H groups in total. The molecule has 0 aliphatic rings. The van der Waals surface area contributed by atoms with Crippen LogP contribution in [0.5, 0.6) is 0 Å². The lowest BCUT2D eigenvalue weighted by atomic mass is 10.4. The molecule has 1 aromatic rings. The predicted molar refractivity (Wildman–Crippen MR) is 33.7 cm³/mol. The van der Waals surface area contributed by atoms with Crippen LogP contribution in [0.2, 0.25) is 0 Å². The van der Waals surface area contributed by atoms with Crippen LogP contribution >= 0.6 is 11.3 Å². The van der Waals surface area contributed by atoms with Gasteiger partial charge >= 0.3 is 6.18 Å². The molecule has 0 amide bonds. The fraction of sp³-hybridized carbons (Fsp3) is 0.200. The van der Waals surface area contributed by atoms with E-state index in [1.165, 1.54) is 5.38 Å². The second kappa shape index (κ2) is 2.16. The van der Waals surface area contributed by atoms with Crippen molar-refractivity contribution in [1.82, 2.24) is 0 Å². The Morgan fingerprint density at radius 1 is 1.40 bits per heavy atom. The molecule has 1 aromatic heterocycles. The lowest BCUT2D eigenvalue weighted by Crippen LogP contribution is -2.00. The molecule has 56 valence electrons. The van der Waals surface area contributed by atoms with Gasteiger partial charge in [-0.1, -0.05) is 0 Å². The highest BCUT2D eigenvalue weighted by molar-refractivity contribution is 7.10. The molecule has 1 nitrogen and oxygen atoms in total. The number of halogens is 3. The number of nitrogens with two attached hydrogens (primary N) is 1. The van der Waals surface area contributed by atoms with Crippen LogP contribution < -0.4 is 5.73 Å². The van der Waals surface area contributed by atoms with Crippen LogP contribution in [0.15, 0.2) is 11.4 Å². The van der Waals surface area contributed by atoms with Gasteiger partial charge in [-0.15, -0.1) is 11.3 Å². The van der Waals surface area contributed by atoms with Crippen molar-refractivity contribution in [1.29, 1.82) is 0 Å². The lowest BCUT2D eigenvalue weighted by molar-refractivity contribution is -0.134. The largest absolute Gasteiger partial charge is 0.425 e. The quantitative estimate of drug-likeness (QED) is 0.630. The van der Waals surface area contributed by atoms with E-state index < -0.39 is 11.1 Å². The van der Waals surface area contributed by atoms with Gasteiger partial charge < -0.3 is 5.73 Å². The molecule has 0 fully saturated rings. The van der Waals surface area contributed by atoms with E-state index >= 15 is 0 Å². The standard InChI is InChI=1S/C5H4F3NS/c6-5(7,8)4-1-3(9)2-10-4/h1-2H,9H2. The molecule has 0 saturated heterocycles. The maximum absolute atomic E-state index is 11.8. The van der Waals surface area contributed by atoms with Gasteiger partial charge in [0.1, 0.15) is 4.88 Å². The molecule has 0 spiro atoms. The summed E-state index contributed by atoms with van der Waals surface area (Å²) in [5.41, 5.74) is 5.25. The molecule has 0 aliphatic heterocycles. The van der Waals surface area contributed by atoms with Gasteiger partial charge in [0.05, 0.1) is 0 Å². The molecule has 0 radical (unpaired) electrons. The highest BCUT2D eigenvalue weighted by atomic mass is 32.1. The van der Waals surface area contributed by atoms with Crippen LogP contribution in [0.4, 0.5) is 18.9 Å². The Hall–Kier alpha value is -0.710. The highest BCUT2D eigenvalue weighted by Crippen LogP contribution is 2.34. The van der Waals surface area contributed by atoms with Gasteiger partial charge in [0.15, 0.2) is 0 Å². The van der Waals surface area contributed by atoms with Crippen LogP contribution in [-0.4, -0.2) is 0 Å². The molecule has 1 heterocycles. The van der Waals surface area contributed by atoms with Crippen molar-refractivity contribution in [3.05, 3.63) is 16.3 Å². The number of hydrogen-bond donors (Lipinski definition) is 1. The van der Waals surface area contributed by atoms with Gasteiger partial charge in [-0.2, -0.15) is 13.2 Å². The third-order valence-corrected chi connectivity index (χ3v) is 1.89. The molecule has 0 saturated carbocycles. The summed E-state index contributed by atoms with van der Waals surface area (Å²) in [6, 6.07) is 0.921. The minimum absolute atomic E-state index is 0.164. The van der Waals surface area contributed by atoms with Crippen molar-refractivity contribution in [3.8, 4) is 0 Å². The predicted octanol–water partition coefficient (Wildman–Crippen LogP) is 2.35. The Morgan fingerprint density at radius 3 is 2.20 bits per heavy atom. The van der Waals surface area contributed by atoms with E-state index in [1.54, 1.807) is 0 Å². The van der Waals surface area contributed by atoms with Crippen LogP contribution in [0.3, 0.4) is 0 Å². The second-order valence-corrected chi connectivity index (χ2v) is 2.65. The van der Waals surface area contributed by atoms with Crippen molar-refractivity contribution in [2.24, 2.45) is 0 Å². The van der Waals surface area contributed by atoms with E-state index in [0.29, 0.717) is 11.3 Å². The maximum atomic E-state index is 11.8. The van der Waals surface area contributed by atoms with Gasteiger partial charge in [0.2, 0.25) is 0 Å². The molecule has 10 heavy (non-hydrogen) atoms. The average Bonchev–Trinajstić information content (AvgIpc) is 2.11. The van der Waals surface area contributed by atoms with Gasteiger partial charge in [-0.25, -0.2) is 0 Å². The molecule has 0 unspecified atom stereocenters. The van der Waals surface area contributed by atoms with Gasteiger partial charge in [-0.3, -0.25) is 0 Å². The first-order valence-electron chi connectivity index (χ1n) is 2.41. The highest BCUT2D eigenvalue weighted by Gasteiger charge is 2.31. The summed E-state index contributed by atoms with van der Waals surface area (Å²) in [7, 11) is 0. The van der Waals surface area contributed by atoms with Crippen LogP contribution in [-0.2, 0) is 6.18 Å².